The highest BCUT2D eigenvalue weighted by Gasteiger charge is 2.30. The molecule has 0 fully saturated rings. The van der Waals surface area contributed by atoms with Crippen molar-refractivity contribution in [1.82, 2.24) is 5.32 Å². The maximum atomic E-state index is 12.5. The first-order valence-electron chi connectivity index (χ1n) is 8.13. The van der Waals surface area contributed by atoms with E-state index in [4.69, 9.17) is 5.14 Å². The second-order valence-electron chi connectivity index (χ2n) is 6.22. The van der Waals surface area contributed by atoms with Crippen LogP contribution in [0.3, 0.4) is 0 Å². The van der Waals surface area contributed by atoms with Gasteiger partial charge < -0.3 is 5.32 Å². The van der Waals surface area contributed by atoms with Crippen LogP contribution in [0, 0.1) is 0 Å². The monoisotopic (exact) mass is 359 g/mol. The quantitative estimate of drug-likeness (QED) is 0.875. The minimum absolute atomic E-state index is 0.0859. The molecule has 7 heteroatoms. The largest absolute Gasteiger partial charge is 0.337 e. The molecule has 0 radical (unpaired) electrons. The number of nitrogens with two attached hydrogens (primary N) is 1. The van der Waals surface area contributed by atoms with Gasteiger partial charge >= 0.3 is 6.03 Å². The molecule has 3 N–H and O–H groups in total. The Balaban J connectivity index is 1.58. The first-order chi connectivity index (χ1) is 11.9. The van der Waals surface area contributed by atoms with Crippen LogP contribution in [0.2, 0.25) is 0 Å². The third kappa shape index (κ3) is 3.83. The molecule has 0 saturated carbocycles. The number of hydrogen-bond donors (Lipinski definition) is 2. The number of urea groups is 1. The van der Waals surface area contributed by atoms with Crippen LogP contribution < -0.4 is 15.4 Å². The lowest BCUT2D eigenvalue weighted by molar-refractivity contribution is 0.245. The second kappa shape index (κ2) is 6.85. The van der Waals surface area contributed by atoms with Crippen molar-refractivity contribution in [1.29, 1.82) is 0 Å². The van der Waals surface area contributed by atoms with Gasteiger partial charge in [-0.05, 0) is 49.1 Å². The van der Waals surface area contributed by atoms with Gasteiger partial charge in [-0.25, -0.2) is 18.4 Å². The Morgan fingerprint density at radius 3 is 2.56 bits per heavy atom. The zero-order chi connectivity index (χ0) is 18.0. The predicted molar refractivity (Wildman–Crippen MR) is 97.0 cm³/mol. The summed E-state index contributed by atoms with van der Waals surface area (Å²) in [6.45, 7) is 2.50. The van der Waals surface area contributed by atoms with Gasteiger partial charge in [0.2, 0.25) is 10.0 Å². The number of carbonyl (C=O) groups is 1. The average Bonchev–Trinajstić information content (AvgIpc) is 2.90. The van der Waals surface area contributed by atoms with Crippen LogP contribution in [-0.2, 0) is 22.9 Å². The van der Waals surface area contributed by atoms with Gasteiger partial charge in [0.25, 0.3) is 0 Å². The zero-order valence-corrected chi connectivity index (χ0v) is 14.8. The fourth-order valence-electron chi connectivity index (χ4n) is 3.12. The van der Waals surface area contributed by atoms with E-state index < -0.39 is 10.0 Å². The molecule has 6 nitrogen and oxygen atoms in total. The highest BCUT2D eigenvalue weighted by Crippen LogP contribution is 2.31. The minimum Gasteiger partial charge on any atom is -0.337 e. The molecule has 1 atom stereocenters. The maximum Gasteiger partial charge on any atom is 0.322 e. The lowest BCUT2D eigenvalue weighted by Crippen LogP contribution is -2.43. The smallest absolute Gasteiger partial charge is 0.322 e. The summed E-state index contributed by atoms with van der Waals surface area (Å²) in [4.78, 5) is 14.4. The highest BCUT2D eigenvalue weighted by atomic mass is 32.2. The highest BCUT2D eigenvalue weighted by molar-refractivity contribution is 7.89. The molecular weight excluding hydrogens is 338 g/mol. The number of fused-ring (bicyclic) bond motifs is 1. The van der Waals surface area contributed by atoms with Gasteiger partial charge in [0.15, 0.2) is 0 Å². The Morgan fingerprint density at radius 2 is 1.88 bits per heavy atom. The van der Waals surface area contributed by atoms with E-state index in [0.717, 1.165) is 17.7 Å². The summed E-state index contributed by atoms with van der Waals surface area (Å²) in [5.41, 5.74) is 3.08. The Hall–Kier alpha value is -2.38. The van der Waals surface area contributed by atoms with E-state index in [1.807, 2.05) is 31.2 Å². The van der Waals surface area contributed by atoms with Gasteiger partial charge in [-0.1, -0.05) is 30.3 Å². The summed E-state index contributed by atoms with van der Waals surface area (Å²) in [7, 11) is -3.68. The summed E-state index contributed by atoms with van der Waals surface area (Å²) >= 11 is 0. The number of amides is 2. The van der Waals surface area contributed by atoms with E-state index in [1.54, 1.807) is 17.0 Å². The summed E-state index contributed by atoms with van der Waals surface area (Å²) in [6.07, 6.45) is 1.47. The van der Waals surface area contributed by atoms with E-state index in [0.29, 0.717) is 13.0 Å². The van der Waals surface area contributed by atoms with Gasteiger partial charge in [-0.15, -0.1) is 0 Å². The van der Waals surface area contributed by atoms with Crippen molar-refractivity contribution in [2.24, 2.45) is 5.14 Å². The molecular formula is C18H21N3O3S. The van der Waals surface area contributed by atoms with Crippen molar-refractivity contribution in [3.63, 3.8) is 0 Å². The van der Waals surface area contributed by atoms with E-state index in [9.17, 15) is 13.2 Å². The second-order valence-corrected chi connectivity index (χ2v) is 7.78. The summed E-state index contributed by atoms with van der Waals surface area (Å²) < 4.78 is 22.5. The van der Waals surface area contributed by atoms with Gasteiger partial charge in [-0.3, -0.25) is 4.90 Å². The Bertz CT molecular complexity index is 879. The molecule has 2 amide bonds. The fourth-order valence-corrected chi connectivity index (χ4v) is 3.64. The van der Waals surface area contributed by atoms with E-state index in [-0.39, 0.29) is 17.0 Å². The minimum atomic E-state index is -3.68. The molecule has 25 heavy (non-hydrogen) atoms. The number of para-hydroxylation sites is 1. The summed E-state index contributed by atoms with van der Waals surface area (Å²) in [5.74, 6) is 0. The SMILES string of the molecule is CC1Cc2ccccc2N1C(=O)NCCc1ccc(S(N)(=O)=O)cc1. The molecule has 2 aromatic rings. The van der Waals surface area contributed by atoms with Crippen molar-refractivity contribution in [3.05, 3.63) is 59.7 Å². The Morgan fingerprint density at radius 1 is 1.20 bits per heavy atom. The first-order valence-corrected chi connectivity index (χ1v) is 9.67. The number of benzene rings is 2. The molecule has 0 bridgehead atoms. The zero-order valence-electron chi connectivity index (χ0n) is 14.0. The predicted octanol–water partition coefficient (Wildman–Crippen LogP) is 2.04. The lowest BCUT2D eigenvalue weighted by atomic mass is 10.1. The third-order valence-corrected chi connectivity index (χ3v) is 5.30. The lowest BCUT2D eigenvalue weighted by Gasteiger charge is -2.23. The molecule has 0 aliphatic carbocycles. The molecule has 1 aliphatic heterocycles. The topological polar surface area (TPSA) is 92.5 Å². The molecule has 2 aromatic carbocycles. The number of carbonyl (C=O) groups excluding carboxylic acids is 1. The molecule has 132 valence electrons. The molecule has 0 spiro atoms. The van der Waals surface area contributed by atoms with E-state index in [2.05, 4.69) is 5.32 Å². The van der Waals surface area contributed by atoms with Gasteiger partial charge in [0, 0.05) is 18.3 Å². The van der Waals surface area contributed by atoms with Crippen LogP contribution in [0.15, 0.2) is 53.4 Å². The third-order valence-electron chi connectivity index (χ3n) is 4.37. The first kappa shape index (κ1) is 17.4. The van der Waals surface area contributed by atoms with Crippen LogP contribution in [0.4, 0.5) is 10.5 Å². The van der Waals surface area contributed by atoms with Crippen LogP contribution in [-0.4, -0.2) is 27.0 Å². The Labute approximate surface area is 147 Å². The molecule has 3 rings (SSSR count). The molecule has 1 heterocycles. The molecule has 0 aromatic heterocycles. The van der Waals surface area contributed by atoms with Crippen molar-refractivity contribution in [2.75, 3.05) is 11.4 Å². The van der Waals surface area contributed by atoms with Crippen LogP contribution in [0.1, 0.15) is 18.1 Å². The number of sulfonamides is 1. The number of hydrogen-bond acceptors (Lipinski definition) is 3. The number of primary sulfonamides is 1. The van der Waals surface area contributed by atoms with Crippen molar-refractivity contribution >= 4 is 21.7 Å². The van der Waals surface area contributed by atoms with Crippen LogP contribution in [0.25, 0.3) is 0 Å². The number of nitrogens with zero attached hydrogens (tertiary/aromatic N) is 1. The van der Waals surface area contributed by atoms with Crippen LogP contribution in [0.5, 0.6) is 0 Å². The average molecular weight is 359 g/mol. The Kier molecular flexibility index (Phi) is 4.78. The number of anilines is 1. The summed E-state index contributed by atoms with van der Waals surface area (Å²) in [5, 5.41) is 8.01. The van der Waals surface area contributed by atoms with Crippen LogP contribution >= 0.6 is 0 Å². The normalized spacial score (nSPS) is 16.6. The molecule has 1 unspecified atom stereocenters. The fraction of sp³-hybridized carbons (Fsp3) is 0.278. The standard InChI is InChI=1S/C18H21N3O3S/c1-13-12-15-4-2-3-5-17(15)21(13)18(22)20-11-10-14-6-8-16(9-7-14)25(19,23)24/h2-9,13H,10-12H2,1H3,(H,20,22)(H2,19,23,24). The molecule has 1 aliphatic rings. The van der Waals surface area contributed by atoms with Gasteiger partial charge in [0.05, 0.1) is 4.90 Å². The number of nitrogens with one attached hydrogen (secondary N) is 1. The van der Waals surface area contributed by atoms with E-state index in [1.165, 1.54) is 17.7 Å². The van der Waals surface area contributed by atoms with Crippen molar-refractivity contribution in [2.45, 2.75) is 30.7 Å². The van der Waals surface area contributed by atoms with Gasteiger partial charge in [0.1, 0.15) is 0 Å². The van der Waals surface area contributed by atoms with E-state index >= 15 is 0 Å². The summed E-state index contributed by atoms with van der Waals surface area (Å²) in [6, 6.07) is 14.3. The maximum absolute atomic E-state index is 12.5. The van der Waals surface area contributed by atoms with Gasteiger partial charge in [-0.2, -0.15) is 0 Å². The molecule has 0 saturated heterocycles. The number of rotatable bonds is 4. The van der Waals surface area contributed by atoms with Crippen molar-refractivity contribution < 1.29 is 13.2 Å². The van der Waals surface area contributed by atoms with Crippen molar-refractivity contribution in [3.8, 4) is 0 Å².